The molecule has 0 spiro atoms. The van der Waals surface area contributed by atoms with Crippen LogP contribution in [0.5, 0.6) is 5.75 Å². The van der Waals surface area contributed by atoms with Crippen molar-refractivity contribution in [3.8, 4) is 5.75 Å². The molecule has 1 saturated heterocycles. The lowest BCUT2D eigenvalue weighted by atomic mass is 10.1. The highest BCUT2D eigenvalue weighted by molar-refractivity contribution is 7.92. The van der Waals surface area contributed by atoms with E-state index in [1.807, 2.05) is 6.07 Å². The Labute approximate surface area is 244 Å². The number of anilines is 3. The number of para-hydroxylation sites is 2. The van der Waals surface area contributed by atoms with Crippen LogP contribution in [0.2, 0.25) is 5.02 Å². The van der Waals surface area contributed by atoms with Crippen molar-refractivity contribution in [2.24, 2.45) is 0 Å². The molecule has 214 valence electrons. The van der Waals surface area contributed by atoms with Crippen molar-refractivity contribution in [1.82, 2.24) is 20.2 Å². The van der Waals surface area contributed by atoms with E-state index in [0.29, 0.717) is 34.0 Å². The summed E-state index contributed by atoms with van der Waals surface area (Å²) in [5.41, 5.74) is 1.76. The third-order valence-corrected chi connectivity index (χ3v) is 8.46. The number of fused-ring (bicyclic) bond motifs is 1. The molecule has 1 fully saturated rings. The molecule has 3 aromatic carbocycles. The highest BCUT2D eigenvalue weighted by Gasteiger charge is 2.21. The highest BCUT2D eigenvalue weighted by atomic mass is 35.5. The predicted octanol–water partition coefficient (Wildman–Crippen LogP) is 5.05. The molecule has 0 saturated carbocycles. The first-order chi connectivity index (χ1) is 19.8. The molecule has 0 unspecified atom stereocenters. The van der Waals surface area contributed by atoms with E-state index in [1.54, 1.807) is 42.5 Å². The number of halogens is 1. The second-order valence-electron chi connectivity index (χ2n) is 9.67. The summed E-state index contributed by atoms with van der Waals surface area (Å²) < 4.78 is 34.9. The first-order valence-electron chi connectivity index (χ1n) is 13.3. The van der Waals surface area contributed by atoms with Crippen molar-refractivity contribution in [1.29, 1.82) is 0 Å². The van der Waals surface area contributed by atoms with E-state index in [9.17, 15) is 13.2 Å². The van der Waals surface area contributed by atoms with Gasteiger partial charge in [0.1, 0.15) is 5.75 Å². The number of benzene rings is 3. The van der Waals surface area contributed by atoms with E-state index in [0.717, 1.165) is 19.6 Å². The van der Waals surface area contributed by atoms with Crippen molar-refractivity contribution in [2.45, 2.75) is 24.2 Å². The van der Waals surface area contributed by atoms with Gasteiger partial charge >= 0.3 is 0 Å². The predicted molar refractivity (Wildman–Crippen MR) is 161 cm³/mol. The molecule has 1 aliphatic heterocycles. The number of sulfonamides is 1. The molecule has 41 heavy (non-hydrogen) atoms. The number of piperidine rings is 1. The average molecular weight is 595 g/mol. The van der Waals surface area contributed by atoms with E-state index in [1.165, 1.54) is 44.6 Å². The number of carbonyl (C=O) groups is 1. The number of hydrogen-bond acceptors (Lipinski definition) is 8. The van der Waals surface area contributed by atoms with Crippen LogP contribution in [0.1, 0.15) is 29.6 Å². The molecule has 0 bridgehead atoms. The van der Waals surface area contributed by atoms with Gasteiger partial charge in [-0.3, -0.25) is 9.52 Å². The van der Waals surface area contributed by atoms with Crippen LogP contribution in [0.15, 0.2) is 71.6 Å². The maximum absolute atomic E-state index is 13.5. The Morgan fingerprint density at radius 3 is 2.41 bits per heavy atom. The number of nitrogens with one attached hydrogen (secondary N) is 3. The summed E-state index contributed by atoms with van der Waals surface area (Å²) in [6.45, 7) is 3.32. The topological polar surface area (TPSA) is 126 Å². The fourth-order valence-corrected chi connectivity index (χ4v) is 5.84. The largest absolute Gasteiger partial charge is 0.497 e. The summed E-state index contributed by atoms with van der Waals surface area (Å²) in [6.07, 6.45) is 3.59. The molecule has 12 heteroatoms. The average Bonchev–Trinajstić information content (AvgIpc) is 2.99. The van der Waals surface area contributed by atoms with Gasteiger partial charge in [0.2, 0.25) is 0 Å². The Balaban J connectivity index is 1.38. The number of hydrogen-bond donors (Lipinski definition) is 3. The zero-order valence-electron chi connectivity index (χ0n) is 22.6. The van der Waals surface area contributed by atoms with Crippen molar-refractivity contribution in [3.63, 3.8) is 0 Å². The summed E-state index contributed by atoms with van der Waals surface area (Å²) in [5.74, 6) is 0.339. The molecule has 5 rings (SSSR count). The minimum atomic E-state index is -4.15. The molecule has 10 nitrogen and oxygen atoms in total. The maximum Gasteiger partial charge on any atom is 0.263 e. The fraction of sp³-hybridized carbons (Fsp3) is 0.276. The van der Waals surface area contributed by atoms with Crippen LogP contribution >= 0.6 is 11.6 Å². The number of nitrogens with zero attached hydrogens (tertiary/aromatic N) is 3. The minimum absolute atomic E-state index is 0.0287. The fourth-order valence-electron chi connectivity index (χ4n) is 4.62. The summed E-state index contributed by atoms with van der Waals surface area (Å²) >= 11 is 6.38. The normalized spacial score (nSPS) is 14.0. The monoisotopic (exact) mass is 594 g/mol. The van der Waals surface area contributed by atoms with E-state index < -0.39 is 10.0 Å². The molecule has 1 aliphatic rings. The molecule has 1 aromatic heterocycles. The van der Waals surface area contributed by atoms with E-state index in [4.69, 9.17) is 16.3 Å². The lowest BCUT2D eigenvalue weighted by Crippen LogP contribution is -2.37. The zero-order valence-corrected chi connectivity index (χ0v) is 24.1. The number of carbonyl (C=O) groups excluding carboxylic acids is 1. The molecule has 1 amide bonds. The molecule has 0 aliphatic carbocycles. The third kappa shape index (κ3) is 7.05. The van der Waals surface area contributed by atoms with Crippen molar-refractivity contribution < 1.29 is 17.9 Å². The minimum Gasteiger partial charge on any atom is -0.497 e. The molecule has 0 atom stereocenters. The molecular formula is C29H31ClN6O4S. The quantitative estimate of drug-likeness (QED) is 0.233. The standard InChI is InChI=1S/C29H31ClN6O4S/c1-40-21-12-13-23(30)26(19-21)34-27-28(33-25-11-4-3-10-24(25)32-27)35-41(38,39)22-9-7-8-20(18-22)29(37)31-14-17-36-15-5-2-6-16-36/h3-4,7-13,18-19H,2,5-6,14-17H2,1H3,(H,31,37)(H,32,34)(H,33,35). The van der Waals surface area contributed by atoms with Gasteiger partial charge in [0.15, 0.2) is 11.6 Å². The van der Waals surface area contributed by atoms with Crippen molar-refractivity contribution >= 4 is 55.9 Å². The molecular weight excluding hydrogens is 564 g/mol. The highest BCUT2D eigenvalue weighted by Crippen LogP contribution is 2.32. The number of rotatable bonds is 10. The molecule has 0 radical (unpaired) electrons. The Bertz CT molecular complexity index is 1660. The molecule has 3 N–H and O–H groups in total. The number of amides is 1. The zero-order chi connectivity index (χ0) is 28.8. The van der Waals surface area contributed by atoms with Gasteiger partial charge in [-0.2, -0.15) is 0 Å². The second kappa shape index (κ2) is 12.7. The van der Waals surface area contributed by atoms with Crippen LogP contribution in [-0.4, -0.2) is 62.5 Å². The van der Waals surface area contributed by atoms with Crippen LogP contribution in [-0.2, 0) is 10.0 Å². The van der Waals surface area contributed by atoms with Gasteiger partial charge in [-0.25, -0.2) is 18.4 Å². The van der Waals surface area contributed by atoms with Crippen molar-refractivity contribution in [3.05, 3.63) is 77.3 Å². The second-order valence-corrected chi connectivity index (χ2v) is 11.8. The lowest BCUT2D eigenvalue weighted by Gasteiger charge is -2.26. The van der Waals surface area contributed by atoms with Gasteiger partial charge in [0.25, 0.3) is 15.9 Å². The number of aromatic nitrogens is 2. The maximum atomic E-state index is 13.5. The SMILES string of the molecule is COc1ccc(Cl)c(Nc2nc3ccccc3nc2NS(=O)(=O)c2cccc(C(=O)NCCN3CCCCC3)c2)c1. The Kier molecular flexibility index (Phi) is 8.87. The van der Waals surface area contributed by atoms with Crippen LogP contribution in [0, 0.1) is 0 Å². The van der Waals surface area contributed by atoms with E-state index >= 15 is 0 Å². The van der Waals surface area contributed by atoms with Gasteiger partial charge in [-0.05, 0) is 68.4 Å². The first kappa shape index (κ1) is 28.6. The smallest absolute Gasteiger partial charge is 0.263 e. The summed E-state index contributed by atoms with van der Waals surface area (Å²) in [4.78, 5) is 24.2. The molecule has 2 heterocycles. The molecule has 4 aromatic rings. The number of methoxy groups -OCH3 is 1. The van der Waals surface area contributed by atoms with Gasteiger partial charge in [0.05, 0.1) is 33.7 Å². The Hall–Kier alpha value is -3.93. The van der Waals surface area contributed by atoms with Crippen molar-refractivity contribution in [2.75, 3.05) is 43.3 Å². The van der Waals surface area contributed by atoms with Gasteiger partial charge < -0.3 is 20.3 Å². The van der Waals surface area contributed by atoms with Crippen LogP contribution < -0.4 is 20.1 Å². The Morgan fingerprint density at radius 2 is 1.68 bits per heavy atom. The number of ether oxygens (including phenoxy) is 1. The third-order valence-electron chi connectivity index (χ3n) is 6.80. The van der Waals surface area contributed by atoms with Gasteiger partial charge in [-0.15, -0.1) is 0 Å². The van der Waals surface area contributed by atoms with E-state index in [-0.39, 0.29) is 28.0 Å². The van der Waals surface area contributed by atoms with E-state index in [2.05, 4.69) is 30.2 Å². The van der Waals surface area contributed by atoms with Crippen LogP contribution in [0.25, 0.3) is 11.0 Å². The summed E-state index contributed by atoms with van der Waals surface area (Å²) in [6, 6.07) is 18.0. The number of likely N-dealkylation sites (tertiary alicyclic amines) is 1. The summed E-state index contributed by atoms with van der Waals surface area (Å²) in [5, 5.41) is 6.36. The van der Waals surface area contributed by atoms with Crippen LogP contribution in [0.3, 0.4) is 0 Å². The lowest BCUT2D eigenvalue weighted by molar-refractivity contribution is 0.0946. The first-order valence-corrected chi connectivity index (χ1v) is 15.2. The van der Waals surface area contributed by atoms with Gasteiger partial charge in [0, 0.05) is 24.7 Å². The summed E-state index contributed by atoms with van der Waals surface area (Å²) in [7, 11) is -2.62. The Morgan fingerprint density at radius 1 is 0.951 bits per heavy atom. The van der Waals surface area contributed by atoms with Gasteiger partial charge in [-0.1, -0.05) is 36.2 Å². The van der Waals surface area contributed by atoms with Crippen LogP contribution in [0.4, 0.5) is 17.3 Å².